The molecule has 8 heteroatoms. The summed E-state index contributed by atoms with van der Waals surface area (Å²) in [4.78, 5) is 38.9. The molecule has 1 unspecified atom stereocenters. The van der Waals surface area contributed by atoms with E-state index in [1.807, 2.05) is 49.4 Å². The van der Waals surface area contributed by atoms with Crippen LogP contribution >= 0.6 is 11.3 Å². The Hall–Kier alpha value is -3.91. The van der Waals surface area contributed by atoms with Gasteiger partial charge >= 0.3 is 0 Å². The summed E-state index contributed by atoms with van der Waals surface area (Å²) in [5.74, 6) is 0.604. The maximum atomic E-state index is 13.6. The molecule has 3 heterocycles. The number of thiazole rings is 1. The Morgan fingerprint density at radius 3 is 2.71 bits per heavy atom. The number of nitrogens with zero attached hydrogens (tertiary/aromatic N) is 4. The first-order valence-corrected chi connectivity index (χ1v) is 10.6. The van der Waals surface area contributed by atoms with Gasteiger partial charge in [-0.1, -0.05) is 36.4 Å². The Morgan fingerprint density at radius 1 is 1.06 bits per heavy atom. The van der Waals surface area contributed by atoms with Crippen LogP contribution in [0.5, 0.6) is 0 Å². The standard InChI is InChI=1S/C23H17N5O2S/c1-14(27-21-20-22(25-12-24-21)31-13-26-20)18-10-15-6-5-7-16(11-29)19(15)23(30)28(18)17-8-3-2-4-9-17/h2-14H,1H3,(H,24,25,27). The number of para-hydroxylation sites is 1. The lowest BCUT2D eigenvalue weighted by Gasteiger charge is -2.21. The second-order valence-electron chi connectivity index (χ2n) is 7.07. The SMILES string of the molecule is CC(Nc1ncnc2scnc12)c1cc2cccc(C=O)c2c(=O)n1-c1ccccc1. The number of carbonyl (C=O) groups excluding carboxylic acids is 1. The topological polar surface area (TPSA) is 89.8 Å². The van der Waals surface area contributed by atoms with Crippen LogP contribution in [-0.4, -0.2) is 25.8 Å². The Kier molecular flexibility index (Phi) is 4.76. The van der Waals surface area contributed by atoms with Crippen LogP contribution in [0.3, 0.4) is 0 Å². The quantitative estimate of drug-likeness (QED) is 0.419. The molecular weight excluding hydrogens is 410 g/mol. The van der Waals surface area contributed by atoms with E-state index in [1.165, 1.54) is 17.7 Å². The van der Waals surface area contributed by atoms with Crippen LogP contribution in [-0.2, 0) is 0 Å². The third-order valence-corrected chi connectivity index (χ3v) is 5.91. The predicted molar refractivity (Wildman–Crippen MR) is 122 cm³/mol. The van der Waals surface area contributed by atoms with E-state index in [2.05, 4.69) is 20.3 Å². The van der Waals surface area contributed by atoms with Crippen molar-refractivity contribution < 1.29 is 4.79 Å². The third-order valence-electron chi connectivity index (χ3n) is 5.18. The van der Waals surface area contributed by atoms with E-state index in [-0.39, 0.29) is 11.6 Å². The highest BCUT2D eigenvalue weighted by molar-refractivity contribution is 7.16. The molecule has 152 valence electrons. The normalized spacial score (nSPS) is 12.2. The van der Waals surface area contributed by atoms with E-state index in [0.717, 1.165) is 22.5 Å². The maximum absolute atomic E-state index is 13.6. The number of pyridine rings is 1. The summed E-state index contributed by atoms with van der Waals surface area (Å²) < 4.78 is 1.65. The second-order valence-corrected chi connectivity index (χ2v) is 7.90. The van der Waals surface area contributed by atoms with Gasteiger partial charge in [0.05, 0.1) is 16.9 Å². The maximum Gasteiger partial charge on any atom is 0.263 e. The van der Waals surface area contributed by atoms with Crippen molar-refractivity contribution in [1.82, 2.24) is 19.5 Å². The van der Waals surface area contributed by atoms with Gasteiger partial charge in [0.25, 0.3) is 5.56 Å². The Morgan fingerprint density at radius 2 is 1.90 bits per heavy atom. The summed E-state index contributed by atoms with van der Waals surface area (Å²) in [6, 6.07) is 16.3. The summed E-state index contributed by atoms with van der Waals surface area (Å²) in [7, 11) is 0. The molecule has 3 aromatic heterocycles. The van der Waals surface area contributed by atoms with Gasteiger partial charge in [-0.2, -0.15) is 0 Å². The fraction of sp³-hybridized carbons (Fsp3) is 0.0870. The fourth-order valence-electron chi connectivity index (χ4n) is 3.75. The van der Waals surface area contributed by atoms with Gasteiger partial charge < -0.3 is 5.32 Å². The number of hydrogen-bond acceptors (Lipinski definition) is 7. The number of aldehydes is 1. The smallest absolute Gasteiger partial charge is 0.263 e. The van der Waals surface area contributed by atoms with Gasteiger partial charge in [-0.25, -0.2) is 15.0 Å². The van der Waals surface area contributed by atoms with E-state index in [9.17, 15) is 9.59 Å². The molecule has 0 aliphatic heterocycles. The van der Waals surface area contributed by atoms with Crippen molar-refractivity contribution in [3.05, 3.63) is 88.0 Å². The molecule has 0 amide bonds. The first-order chi connectivity index (χ1) is 15.2. The zero-order chi connectivity index (χ0) is 21.4. The van der Waals surface area contributed by atoms with Gasteiger partial charge in [-0.15, -0.1) is 11.3 Å². The molecule has 0 spiro atoms. The number of hydrogen-bond donors (Lipinski definition) is 1. The molecule has 0 aliphatic carbocycles. The summed E-state index contributed by atoms with van der Waals surface area (Å²) in [5.41, 5.74) is 4.02. The van der Waals surface area contributed by atoms with Crippen LogP contribution in [0.1, 0.15) is 29.0 Å². The lowest BCUT2D eigenvalue weighted by atomic mass is 10.0. The van der Waals surface area contributed by atoms with Crippen molar-refractivity contribution in [2.75, 3.05) is 5.32 Å². The summed E-state index contributed by atoms with van der Waals surface area (Å²) >= 11 is 1.44. The lowest BCUT2D eigenvalue weighted by Crippen LogP contribution is -2.26. The Bertz CT molecular complexity index is 1480. The summed E-state index contributed by atoms with van der Waals surface area (Å²) in [5, 5.41) is 4.50. The van der Waals surface area contributed by atoms with Crippen molar-refractivity contribution in [3.63, 3.8) is 0 Å². The van der Waals surface area contributed by atoms with Crippen LogP contribution in [0.25, 0.3) is 26.8 Å². The first-order valence-electron chi connectivity index (χ1n) is 9.67. The molecular formula is C23H17N5O2S. The van der Waals surface area contributed by atoms with Gasteiger partial charge in [0.2, 0.25) is 0 Å². The van der Waals surface area contributed by atoms with Crippen molar-refractivity contribution in [3.8, 4) is 5.69 Å². The molecule has 2 aromatic carbocycles. The van der Waals surface area contributed by atoms with Crippen molar-refractivity contribution in [1.29, 1.82) is 0 Å². The van der Waals surface area contributed by atoms with Crippen molar-refractivity contribution >= 4 is 44.6 Å². The molecule has 0 fully saturated rings. The molecule has 0 radical (unpaired) electrons. The number of rotatable bonds is 5. The minimum absolute atomic E-state index is 0.239. The molecule has 0 bridgehead atoms. The first kappa shape index (κ1) is 19.1. The number of anilines is 1. The monoisotopic (exact) mass is 427 g/mol. The van der Waals surface area contributed by atoms with E-state index in [1.54, 1.807) is 22.2 Å². The van der Waals surface area contributed by atoms with Gasteiger partial charge in [0, 0.05) is 16.9 Å². The molecule has 1 atom stereocenters. The highest BCUT2D eigenvalue weighted by Gasteiger charge is 2.19. The van der Waals surface area contributed by atoms with E-state index >= 15 is 0 Å². The Balaban J connectivity index is 1.73. The molecule has 31 heavy (non-hydrogen) atoms. The number of aromatic nitrogens is 4. The zero-order valence-corrected chi connectivity index (χ0v) is 17.3. The van der Waals surface area contributed by atoms with Crippen LogP contribution in [0, 0.1) is 0 Å². The number of fused-ring (bicyclic) bond motifs is 2. The third kappa shape index (κ3) is 3.27. The molecule has 0 saturated heterocycles. The molecule has 7 nitrogen and oxygen atoms in total. The highest BCUT2D eigenvalue weighted by atomic mass is 32.1. The minimum Gasteiger partial charge on any atom is -0.360 e. The Labute approximate surface area is 181 Å². The molecule has 0 aliphatic rings. The highest BCUT2D eigenvalue weighted by Crippen LogP contribution is 2.27. The molecule has 0 saturated carbocycles. The van der Waals surface area contributed by atoms with Crippen LogP contribution in [0.2, 0.25) is 0 Å². The number of nitrogens with one attached hydrogen (secondary N) is 1. The molecule has 1 N–H and O–H groups in total. The number of carbonyl (C=O) groups is 1. The average molecular weight is 427 g/mol. The van der Waals surface area contributed by atoms with E-state index < -0.39 is 0 Å². The van der Waals surface area contributed by atoms with Crippen LogP contribution in [0.15, 0.2) is 71.2 Å². The zero-order valence-electron chi connectivity index (χ0n) is 16.5. The van der Waals surface area contributed by atoms with Gasteiger partial charge in [-0.05, 0) is 30.5 Å². The largest absolute Gasteiger partial charge is 0.360 e. The van der Waals surface area contributed by atoms with Crippen LogP contribution in [0.4, 0.5) is 5.82 Å². The predicted octanol–water partition coefficient (Wildman–Crippen LogP) is 4.38. The van der Waals surface area contributed by atoms with Crippen molar-refractivity contribution in [2.45, 2.75) is 13.0 Å². The second kappa shape index (κ2) is 7.73. The van der Waals surface area contributed by atoms with E-state index in [4.69, 9.17) is 0 Å². The lowest BCUT2D eigenvalue weighted by molar-refractivity contribution is 0.112. The van der Waals surface area contributed by atoms with Gasteiger partial charge in [-0.3, -0.25) is 14.2 Å². The fourth-order valence-corrected chi connectivity index (χ4v) is 4.38. The summed E-state index contributed by atoms with van der Waals surface area (Å²) in [6.45, 7) is 1.96. The minimum atomic E-state index is -0.281. The van der Waals surface area contributed by atoms with Crippen LogP contribution < -0.4 is 10.9 Å². The van der Waals surface area contributed by atoms with Crippen molar-refractivity contribution in [2.24, 2.45) is 0 Å². The van der Waals surface area contributed by atoms with Gasteiger partial charge in [0.15, 0.2) is 12.1 Å². The summed E-state index contributed by atoms with van der Waals surface area (Å²) in [6.07, 6.45) is 2.22. The number of benzene rings is 2. The molecule has 5 rings (SSSR count). The molecule has 5 aromatic rings. The van der Waals surface area contributed by atoms with Gasteiger partial charge in [0.1, 0.15) is 16.7 Å². The van der Waals surface area contributed by atoms with E-state index in [0.29, 0.717) is 27.7 Å². The average Bonchev–Trinajstić information content (AvgIpc) is 3.29.